The van der Waals surface area contributed by atoms with E-state index in [0.29, 0.717) is 19.5 Å². The monoisotopic (exact) mass is 354 g/mol. The van der Waals surface area contributed by atoms with Gasteiger partial charge in [-0.2, -0.15) is 0 Å². The van der Waals surface area contributed by atoms with Gasteiger partial charge in [-0.3, -0.25) is 9.69 Å². The average molecular weight is 354 g/mol. The number of piperazine rings is 1. The van der Waals surface area contributed by atoms with E-state index in [1.54, 1.807) is 7.11 Å². The Morgan fingerprint density at radius 1 is 1.15 bits per heavy atom. The molecule has 0 aromatic heterocycles. The van der Waals surface area contributed by atoms with E-state index in [-0.39, 0.29) is 18.6 Å². The molecule has 0 radical (unpaired) electrons. The van der Waals surface area contributed by atoms with Crippen molar-refractivity contribution in [1.29, 1.82) is 0 Å². The first-order valence-corrected chi connectivity index (χ1v) is 9.04. The Morgan fingerprint density at radius 3 is 2.69 bits per heavy atom. The third kappa shape index (κ3) is 4.42. The molecule has 1 unspecified atom stereocenters. The molecule has 1 atom stereocenters. The van der Waals surface area contributed by atoms with Gasteiger partial charge in [0.25, 0.3) is 0 Å². The maximum atomic E-state index is 12.7. The van der Waals surface area contributed by atoms with Gasteiger partial charge >= 0.3 is 0 Å². The molecule has 26 heavy (non-hydrogen) atoms. The number of amides is 1. The summed E-state index contributed by atoms with van der Waals surface area (Å²) in [6.45, 7) is 1.87. The minimum atomic E-state index is 0.0838. The Hall–Kier alpha value is -2.37. The molecule has 1 aliphatic rings. The van der Waals surface area contributed by atoms with Gasteiger partial charge in [0.15, 0.2) is 0 Å². The number of methoxy groups -OCH3 is 1. The molecule has 2 aromatic rings. The maximum absolute atomic E-state index is 12.7. The number of aliphatic hydroxyl groups is 1. The highest BCUT2D eigenvalue weighted by Crippen LogP contribution is 2.25. The predicted molar refractivity (Wildman–Crippen MR) is 103 cm³/mol. The van der Waals surface area contributed by atoms with Crippen molar-refractivity contribution < 1.29 is 14.6 Å². The summed E-state index contributed by atoms with van der Waals surface area (Å²) in [5, 5.41) is 9.19. The van der Waals surface area contributed by atoms with Gasteiger partial charge in [0, 0.05) is 37.5 Å². The third-order valence-corrected chi connectivity index (χ3v) is 4.83. The number of carbonyl (C=O) groups is 1. The smallest absolute Gasteiger partial charge is 0.241 e. The Morgan fingerprint density at radius 2 is 1.96 bits per heavy atom. The van der Waals surface area contributed by atoms with Crippen molar-refractivity contribution in [3.8, 4) is 5.75 Å². The quantitative estimate of drug-likeness (QED) is 0.829. The maximum Gasteiger partial charge on any atom is 0.241 e. The molecule has 3 rings (SSSR count). The number of benzene rings is 2. The summed E-state index contributed by atoms with van der Waals surface area (Å²) in [5.41, 5.74) is 2.13. The van der Waals surface area contributed by atoms with Crippen LogP contribution in [0.15, 0.2) is 54.6 Å². The fourth-order valence-corrected chi connectivity index (χ4v) is 3.46. The van der Waals surface area contributed by atoms with Gasteiger partial charge in [0.1, 0.15) is 5.75 Å². The zero-order valence-electron chi connectivity index (χ0n) is 15.2. The van der Waals surface area contributed by atoms with Gasteiger partial charge in [-0.25, -0.2) is 0 Å². The number of nitrogens with zero attached hydrogens (tertiary/aromatic N) is 2. The lowest BCUT2D eigenvalue weighted by atomic mass is 10.0. The Kier molecular flexibility index (Phi) is 6.26. The van der Waals surface area contributed by atoms with Crippen LogP contribution in [-0.4, -0.2) is 55.3 Å². The zero-order chi connectivity index (χ0) is 18.4. The molecule has 1 amide bonds. The molecule has 1 aliphatic heterocycles. The number of hydrogen-bond donors (Lipinski definition) is 1. The number of aliphatic hydroxyl groups excluding tert-OH is 1. The standard InChI is InChI=1S/C21H26N2O3/c1-26-20-10-5-9-18(14-20)23-15-19(13-17-7-3-2-4-8-17)22(11-6-12-24)16-21(23)25/h2-5,7-10,14,19,24H,6,11-13,15-16H2,1H3. The molecule has 2 aromatic carbocycles. The Balaban J connectivity index is 1.81. The van der Waals surface area contributed by atoms with E-state index in [9.17, 15) is 9.90 Å². The molecule has 0 spiro atoms. The molecule has 0 aliphatic carbocycles. The normalized spacial score (nSPS) is 18.2. The molecule has 1 saturated heterocycles. The van der Waals surface area contributed by atoms with Gasteiger partial charge in [0.2, 0.25) is 5.91 Å². The summed E-state index contributed by atoms with van der Waals surface area (Å²) in [4.78, 5) is 16.8. The van der Waals surface area contributed by atoms with E-state index in [0.717, 1.165) is 24.4 Å². The summed E-state index contributed by atoms with van der Waals surface area (Å²) < 4.78 is 5.30. The van der Waals surface area contributed by atoms with Crippen LogP contribution in [0.5, 0.6) is 5.75 Å². The number of hydrogen-bond acceptors (Lipinski definition) is 4. The summed E-state index contributed by atoms with van der Waals surface area (Å²) >= 11 is 0. The van der Waals surface area contributed by atoms with Crippen molar-refractivity contribution in [1.82, 2.24) is 4.90 Å². The molecule has 0 bridgehead atoms. The highest BCUT2D eigenvalue weighted by Gasteiger charge is 2.32. The number of ether oxygens (including phenoxy) is 1. The molecule has 1 fully saturated rings. The fourth-order valence-electron chi connectivity index (χ4n) is 3.46. The number of carbonyl (C=O) groups excluding carboxylic acids is 1. The molecule has 0 saturated carbocycles. The van der Waals surface area contributed by atoms with Gasteiger partial charge in [-0.15, -0.1) is 0 Å². The van der Waals surface area contributed by atoms with Gasteiger partial charge < -0.3 is 14.7 Å². The first-order chi connectivity index (χ1) is 12.7. The number of anilines is 1. The zero-order valence-corrected chi connectivity index (χ0v) is 15.2. The van der Waals surface area contributed by atoms with Crippen LogP contribution < -0.4 is 9.64 Å². The van der Waals surface area contributed by atoms with E-state index in [2.05, 4.69) is 17.0 Å². The van der Waals surface area contributed by atoms with Crippen molar-refractivity contribution in [2.24, 2.45) is 0 Å². The molecular weight excluding hydrogens is 328 g/mol. The SMILES string of the molecule is COc1cccc(N2CC(Cc3ccccc3)N(CCCO)CC2=O)c1. The van der Waals surface area contributed by atoms with Crippen LogP contribution in [0.25, 0.3) is 0 Å². The van der Waals surface area contributed by atoms with Crippen molar-refractivity contribution in [2.75, 3.05) is 38.3 Å². The highest BCUT2D eigenvalue weighted by atomic mass is 16.5. The molecule has 1 N–H and O–H groups in total. The first-order valence-electron chi connectivity index (χ1n) is 9.04. The average Bonchev–Trinajstić information content (AvgIpc) is 2.68. The van der Waals surface area contributed by atoms with Crippen molar-refractivity contribution in [3.05, 3.63) is 60.2 Å². The molecular formula is C21H26N2O3. The van der Waals surface area contributed by atoms with Crippen LogP contribution in [0.4, 0.5) is 5.69 Å². The minimum Gasteiger partial charge on any atom is -0.497 e. The lowest BCUT2D eigenvalue weighted by molar-refractivity contribution is -0.122. The second kappa shape index (κ2) is 8.83. The van der Waals surface area contributed by atoms with E-state index in [1.807, 2.05) is 47.4 Å². The summed E-state index contributed by atoms with van der Waals surface area (Å²) in [5.74, 6) is 0.832. The van der Waals surface area contributed by atoms with E-state index in [1.165, 1.54) is 5.56 Å². The largest absolute Gasteiger partial charge is 0.497 e. The second-order valence-electron chi connectivity index (χ2n) is 6.60. The second-order valence-corrected chi connectivity index (χ2v) is 6.60. The van der Waals surface area contributed by atoms with Crippen LogP contribution in [0.3, 0.4) is 0 Å². The Labute approximate surface area is 154 Å². The third-order valence-electron chi connectivity index (χ3n) is 4.83. The van der Waals surface area contributed by atoms with Crippen LogP contribution in [0, 0.1) is 0 Å². The van der Waals surface area contributed by atoms with Crippen LogP contribution in [0.1, 0.15) is 12.0 Å². The van der Waals surface area contributed by atoms with E-state index >= 15 is 0 Å². The molecule has 1 heterocycles. The van der Waals surface area contributed by atoms with E-state index < -0.39 is 0 Å². The molecule has 5 nitrogen and oxygen atoms in total. The van der Waals surface area contributed by atoms with Crippen molar-refractivity contribution >= 4 is 11.6 Å². The van der Waals surface area contributed by atoms with Gasteiger partial charge in [0.05, 0.1) is 13.7 Å². The van der Waals surface area contributed by atoms with Crippen LogP contribution in [0.2, 0.25) is 0 Å². The topological polar surface area (TPSA) is 53.0 Å². The Bertz CT molecular complexity index is 720. The van der Waals surface area contributed by atoms with E-state index in [4.69, 9.17) is 4.74 Å². The van der Waals surface area contributed by atoms with Crippen molar-refractivity contribution in [3.63, 3.8) is 0 Å². The first kappa shape index (κ1) is 18.4. The number of rotatable bonds is 7. The summed E-state index contributed by atoms with van der Waals surface area (Å²) in [7, 11) is 1.63. The van der Waals surface area contributed by atoms with Crippen LogP contribution >= 0.6 is 0 Å². The fraction of sp³-hybridized carbons (Fsp3) is 0.381. The highest BCUT2D eigenvalue weighted by molar-refractivity contribution is 5.95. The summed E-state index contributed by atoms with van der Waals surface area (Å²) in [6, 6.07) is 18.2. The molecule has 138 valence electrons. The van der Waals surface area contributed by atoms with Crippen LogP contribution in [-0.2, 0) is 11.2 Å². The van der Waals surface area contributed by atoms with Gasteiger partial charge in [-0.1, -0.05) is 36.4 Å². The summed E-state index contributed by atoms with van der Waals surface area (Å²) in [6.07, 6.45) is 1.55. The predicted octanol–water partition coefficient (Wildman–Crippen LogP) is 2.34. The lowest BCUT2D eigenvalue weighted by Crippen LogP contribution is -2.57. The lowest BCUT2D eigenvalue weighted by Gasteiger charge is -2.41. The van der Waals surface area contributed by atoms with Gasteiger partial charge in [-0.05, 0) is 30.5 Å². The minimum absolute atomic E-state index is 0.0838. The van der Waals surface area contributed by atoms with Crippen molar-refractivity contribution in [2.45, 2.75) is 18.9 Å². The molecule has 5 heteroatoms.